The minimum absolute atomic E-state index is 0.0115. The molecule has 0 atom stereocenters. The Hall–Kier alpha value is -3.48. The normalized spacial score (nSPS) is 10.7. The molecule has 0 aliphatic carbocycles. The third-order valence-electron chi connectivity index (χ3n) is 4.12. The summed E-state index contributed by atoms with van der Waals surface area (Å²) in [5, 5.41) is 22.1. The number of benzene rings is 2. The number of carbonyl (C=O) groups is 1. The van der Waals surface area contributed by atoms with Crippen LogP contribution in [0.5, 0.6) is 0 Å². The van der Waals surface area contributed by atoms with Crippen LogP contribution in [0.4, 0.5) is 11.4 Å². The highest BCUT2D eigenvalue weighted by Gasteiger charge is 2.16. The molecule has 3 rings (SSSR count). The lowest BCUT2D eigenvalue weighted by molar-refractivity contribution is -0.384. The molecule has 1 heterocycles. The molecular weight excluding hydrogens is 334 g/mol. The summed E-state index contributed by atoms with van der Waals surface area (Å²) < 4.78 is 5.35. The molecule has 2 aromatic carbocycles. The number of carbonyl (C=O) groups excluding carboxylic acids is 1. The van der Waals surface area contributed by atoms with Gasteiger partial charge >= 0.3 is 0 Å². The SMILES string of the molecule is Cc1cc(C)c(NC(=O)c2cc3cc([N+](=O)[O-])ccc3oc2=N)c(C)c1. The molecule has 2 N–H and O–H groups in total. The lowest BCUT2D eigenvalue weighted by Gasteiger charge is -2.13. The summed E-state index contributed by atoms with van der Waals surface area (Å²) in [4.78, 5) is 23.1. The van der Waals surface area contributed by atoms with Crippen LogP contribution >= 0.6 is 0 Å². The fourth-order valence-electron chi connectivity index (χ4n) is 2.97. The first-order valence-corrected chi connectivity index (χ1v) is 7.92. The molecule has 7 heteroatoms. The van der Waals surface area contributed by atoms with Gasteiger partial charge in [-0.3, -0.25) is 20.3 Å². The van der Waals surface area contributed by atoms with Crippen molar-refractivity contribution in [2.45, 2.75) is 20.8 Å². The van der Waals surface area contributed by atoms with E-state index in [0.29, 0.717) is 16.7 Å². The molecular formula is C19H17N3O4. The first kappa shape index (κ1) is 17.3. The minimum Gasteiger partial charge on any atom is -0.438 e. The van der Waals surface area contributed by atoms with E-state index in [9.17, 15) is 14.9 Å². The van der Waals surface area contributed by atoms with Crippen LogP contribution in [0.25, 0.3) is 11.0 Å². The van der Waals surface area contributed by atoms with Crippen molar-refractivity contribution in [2.24, 2.45) is 0 Å². The molecule has 1 aromatic heterocycles. The highest BCUT2D eigenvalue weighted by atomic mass is 16.6. The van der Waals surface area contributed by atoms with E-state index in [-0.39, 0.29) is 16.8 Å². The fourth-order valence-corrected chi connectivity index (χ4v) is 2.97. The number of rotatable bonds is 3. The lowest BCUT2D eigenvalue weighted by atomic mass is 10.0. The first-order chi connectivity index (χ1) is 12.3. The summed E-state index contributed by atoms with van der Waals surface area (Å²) in [6.45, 7) is 5.76. The number of nitrogens with zero attached hydrogens (tertiary/aromatic N) is 1. The number of nitro groups is 1. The second-order valence-electron chi connectivity index (χ2n) is 6.20. The monoisotopic (exact) mass is 351 g/mol. The molecule has 0 aliphatic heterocycles. The summed E-state index contributed by atoms with van der Waals surface area (Å²) in [5.41, 5.74) is 3.50. The summed E-state index contributed by atoms with van der Waals surface area (Å²) in [7, 11) is 0. The summed E-state index contributed by atoms with van der Waals surface area (Å²) >= 11 is 0. The van der Waals surface area contributed by atoms with Gasteiger partial charge in [0.05, 0.1) is 4.92 Å². The van der Waals surface area contributed by atoms with Gasteiger partial charge in [-0.1, -0.05) is 17.7 Å². The highest BCUT2D eigenvalue weighted by Crippen LogP contribution is 2.24. The Labute approximate surface area is 148 Å². The number of aryl methyl sites for hydroxylation is 3. The number of nitrogens with one attached hydrogen (secondary N) is 2. The van der Waals surface area contributed by atoms with Gasteiger partial charge in [-0.25, -0.2) is 0 Å². The molecule has 0 spiro atoms. The molecule has 132 valence electrons. The molecule has 0 saturated carbocycles. The summed E-state index contributed by atoms with van der Waals surface area (Å²) in [5.74, 6) is -0.498. The molecule has 0 bridgehead atoms. The van der Waals surface area contributed by atoms with E-state index in [1.807, 2.05) is 32.9 Å². The average Bonchev–Trinajstić information content (AvgIpc) is 2.56. The zero-order valence-corrected chi connectivity index (χ0v) is 14.5. The van der Waals surface area contributed by atoms with Crippen LogP contribution in [0.2, 0.25) is 0 Å². The highest BCUT2D eigenvalue weighted by molar-refractivity contribution is 6.06. The average molecular weight is 351 g/mol. The van der Waals surface area contributed by atoms with Crippen LogP contribution < -0.4 is 10.9 Å². The van der Waals surface area contributed by atoms with Crippen molar-refractivity contribution in [3.63, 3.8) is 0 Å². The van der Waals surface area contributed by atoms with Crippen molar-refractivity contribution >= 4 is 28.3 Å². The Kier molecular flexibility index (Phi) is 4.29. The van der Waals surface area contributed by atoms with E-state index in [1.54, 1.807) is 0 Å². The predicted octanol–water partition coefficient (Wildman–Crippen LogP) is 4.00. The van der Waals surface area contributed by atoms with Crippen LogP contribution in [-0.4, -0.2) is 10.8 Å². The number of amides is 1. The Morgan fingerprint density at radius 2 is 1.77 bits per heavy atom. The molecule has 7 nitrogen and oxygen atoms in total. The van der Waals surface area contributed by atoms with Crippen molar-refractivity contribution in [3.8, 4) is 0 Å². The van der Waals surface area contributed by atoms with E-state index < -0.39 is 10.8 Å². The van der Waals surface area contributed by atoms with Crippen LogP contribution in [0.3, 0.4) is 0 Å². The van der Waals surface area contributed by atoms with Crippen LogP contribution in [0.15, 0.2) is 40.8 Å². The fraction of sp³-hybridized carbons (Fsp3) is 0.158. The molecule has 0 radical (unpaired) electrons. The van der Waals surface area contributed by atoms with Crippen molar-refractivity contribution in [2.75, 3.05) is 5.32 Å². The van der Waals surface area contributed by atoms with E-state index in [4.69, 9.17) is 9.83 Å². The van der Waals surface area contributed by atoms with Crippen molar-refractivity contribution in [3.05, 3.63) is 74.3 Å². The van der Waals surface area contributed by atoms with Gasteiger partial charge in [0, 0.05) is 23.2 Å². The standard InChI is InChI=1S/C19H17N3O4/c1-10-6-11(2)17(12(3)7-10)21-19(23)15-9-13-8-14(22(24)25)4-5-16(13)26-18(15)20/h4-9,20H,1-3H3,(H,21,23). The van der Waals surface area contributed by atoms with Crippen molar-refractivity contribution in [1.82, 2.24) is 0 Å². The van der Waals surface area contributed by atoms with Crippen LogP contribution in [0, 0.1) is 36.3 Å². The molecule has 0 fully saturated rings. The van der Waals surface area contributed by atoms with Gasteiger partial charge in [-0.05, 0) is 44.0 Å². The Morgan fingerprint density at radius 1 is 1.12 bits per heavy atom. The first-order valence-electron chi connectivity index (χ1n) is 7.92. The van der Waals surface area contributed by atoms with E-state index in [1.165, 1.54) is 24.3 Å². The number of fused-ring (bicyclic) bond motifs is 1. The maximum absolute atomic E-state index is 12.7. The Bertz CT molecular complexity index is 1090. The summed E-state index contributed by atoms with van der Waals surface area (Å²) in [6, 6.07) is 9.38. The second kappa shape index (κ2) is 6.44. The summed E-state index contributed by atoms with van der Waals surface area (Å²) in [6.07, 6.45) is 0. The predicted molar refractivity (Wildman–Crippen MR) is 97.3 cm³/mol. The van der Waals surface area contributed by atoms with Gasteiger partial charge in [-0.2, -0.15) is 0 Å². The van der Waals surface area contributed by atoms with E-state index in [2.05, 4.69) is 5.32 Å². The molecule has 1 amide bonds. The second-order valence-corrected chi connectivity index (χ2v) is 6.20. The quantitative estimate of drug-likeness (QED) is 0.549. The smallest absolute Gasteiger partial charge is 0.270 e. The van der Waals surface area contributed by atoms with Crippen LogP contribution in [0.1, 0.15) is 27.0 Å². The number of hydrogen-bond donors (Lipinski definition) is 2. The molecule has 3 aromatic rings. The number of hydrogen-bond acceptors (Lipinski definition) is 5. The topological polar surface area (TPSA) is 109 Å². The van der Waals surface area contributed by atoms with E-state index in [0.717, 1.165) is 16.7 Å². The van der Waals surface area contributed by atoms with Crippen LogP contribution in [-0.2, 0) is 0 Å². The number of nitro benzene ring substituents is 1. The van der Waals surface area contributed by atoms with Gasteiger partial charge in [0.1, 0.15) is 11.1 Å². The van der Waals surface area contributed by atoms with Crippen molar-refractivity contribution in [1.29, 1.82) is 5.41 Å². The number of anilines is 1. The van der Waals surface area contributed by atoms with E-state index >= 15 is 0 Å². The Morgan fingerprint density at radius 3 is 2.38 bits per heavy atom. The molecule has 0 aliphatic rings. The molecule has 0 unspecified atom stereocenters. The third kappa shape index (κ3) is 3.19. The zero-order chi connectivity index (χ0) is 19.0. The van der Waals surface area contributed by atoms with Gasteiger partial charge in [-0.15, -0.1) is 0 Å². The largest absolute Gasteiger partial charge is 0.438 e. The van der Waals surface area contributed by atoms with Crippen molar-refractivity contribution < 1.29 is 14.1 Å². The third-order valence-corrected chi connectivity index (χ3v) is 4.12. The lowest BCUT2D eigenvalue weighted by Crippen LogP contribution is -2.21. The zero-order valence-electron chi connectivity index (χ0n) is 14.5. The maximum Gasteiger partial charge on any atom is 0.270 e. The Balaban J connectivity index is 2.04. The molecule has 0 saturated heterocycles. The maximum atomic E-state index is 12.7. The van der Waals surface area contributed by atoms with Gasteiger partial charge in [0.15, 0.2) is 0 Å². The van der Waals surface area contributed by atoms with Gasteiger partial charge < -0.3 is 9.73 Å². The molecule has 26 heavy (non-hydrogen) atoms. The number of non-ortho nitro benzene ring substituents is 1. The minimum atomic E-state index is -0.521. The van der Waals surface area contributed by atoms with Gasteiger partial charge in [0.2, 0.25) is 5.55 Å². The van der Waals surface area contributed by atoms with Gasteiger partial charge in [0.25, 0.3) is 11.6 Å².